The number of allylic oxidation sites excluding steroid dienone is 1. The maximum Gasteiger partial charge on any atom is 0.274 e. The summed E-state index contributed by atoms with van der Waals surface area (Å²) in [5.41, 5.74) is 5.14. The van der Waals surface area contributed by atoms with Gasteiger partial charge in [0.1, 0.15) is 10.5 Å². The first-order valence-electron chi connectivity index (χ1n) is 12.4. The number of nitro groups is 3. The van der Waals surface area contributed by atoms with Crippen LogP contribution in [0.25, 0.3) is 17.5 Å². The van der Waals surface area contributed by atoms with Gasteiger partial charge in [0.25, 0.3) is 28.5 Å². The fourth-order valence-electron chi connectivity index (χ4n) is 4.66. The maximum atomic E-state index is 13.9. The number of rotatable bonds is 7. The quantitative estimate of drug-likeness (QED) is 0.229. The van der Waals surface area contributed by atoms with E-state index in [1.54, 1.807) is 0 Å². The predicted octanol–water partition coefficient (Wildman–Crippen LogP) is 2.70. The zero-order valence-corrected chi connectivity index (χ0v) is 22.9. The van der Waals surface area contributed by atoms with Crippen molar-refractivity contribution in [1.29, 1.82) is 5.26 Å². The molecule has 44 heavy (non-hydrogen) atoms. The van der Waals surface area contributed by atoms with E-state index in [9.17, 15) is 45.2 Å². The van der Waals surface area contributed by atoms with Gasteiger partial charge in [0, 0.05) is 42.1 Å². The summed E-state index contributed by atoms with van der Waals surface area (Å²) in [5, 5.41) is 46.6. The van der Waals surface area contributed by atoms with Gasteiger partial charge in [-0.25, -0.2) is 0 Å². The van der Waals surface area contributed by atoms with Crippen molar-refractivity contribution in [2.24, 2.45) is 5.73 Å². The summed E-state index contributed by atoms with van der Waals surface area (Å²) in [6, 6.07) is 17.6. The van der Waals surface area contributed by atoms with Crippen LogP contribution in [0.2, 0.25) is 0 Å². The standard InChI is InChI=1S/C28H17N7O8S/c29-14-21-23(16-4-2-6-20(13-16)35(42)43)24(26(36)31-17-7-9-18(10-8-17)33(38)39)28-32(25(21)30)27(37)22(44-28)12-15-3-1-5-19(11-15)34(40)41/h1-13,23H,30H2,(H,31,36)/b22-12-. The lowest BCUT2D eigenvalue weighted by Gasteiger charge is -2.25. The summed E-state index contributed by atoms with van der Waals surface area (Å²) >= 11 is 0.830. The van der Waals surface area contributed by atoms with Crippen molar-refractivity contribution in [2.45, 2.75) is 5.92 Å². The second-order valence-corrected chi connectivity index (χ2v) is 10.3. The number of nitro benzene ring substituents is 3. The van der Waals surface area contributed by atoms with Crippen LogP contribution in [0.4, 0.5) is 22.7 Å². The van der Waals surface area contributed by atoms with Crippen molar-refractivity contribution in [3.63, 3.8) is 0 Å². The van der Waals surface area contributed by atoms with Crippen molar-refractivity contribution in [3.05, 3.63) is 139 Å². The number of benzene rings is 3. The molecule has 5 rings (SSSR count). The first kappa shape index (κ1) is 29.0. The predicted molar refractivity (Wildman–Crippen MR) is 158 cm³/mol. The SMILES string of the molecule is N#CC1=C(N)n2c(s/c(=C\c3cccc([N+](=O)[O-])c3)c2=O)=C(C(=O)Nc2ccc([N+](=O)[O-])cc2)C1c1cccc([N+](=O)[O-])c1. The third-order valence-corrected chi connectivity index (χ3v) is 7.75. The summed E-state index contributed by atoms with van der Waals surface area (Å²) in [6.45, 7) is 0. The average Bonchev–Trinajstić information content (AvgIpc) is 3.32. The van der Waals surface area contributed by atoms with Crippen LogP contribution < -0.4 is 25.8 Å². The van der Waals surface area contributed by atoms with Crippen molar-refractivity contribution < 1.29 is 19.6 Å². The molecule has 16 heteroatoms. The van der Waals surface area contributed by atoms with Crippen molar-refractivity contribution in [1.82, 2.24) is 4.57 Å². The minimum absolute atomic E-state index is 0.0131. The smallest absolute Gasteiger partial charge is 0.274 e. The first-order chi connectivity index (χ1) is 21.0. The number of fused-ring (bicyclic) bond motifs is 1. The van der Waals surface area contributed by atoms with Gasteiger partial charge in [0.15, 0.2) is 0 Å². The van der Waals surface area contributed by atoms with E-state index in [0.717, 1.165) is 15.9 Å². The summed E-state index contributed by atoms with van der Waals surface area (Å²) in [7, 11) is 0. The van der Waals surface area contributed by atoms with Crippen LogP contribution >= 0.6 is 11.3 Å². The molecule has 1 atom stereocenters. The molecule has 0 radical (unpaired) electrons. The van der Waals surface area contributed by atoms with Gasteiger partial charge in [-0.2, -0.15) is 5.26 Å². The molecule has 0 saturated carbocycles. The highest BCUT2D eigenvalue weighted by atomic mass is 32.1. The van der Waals surface area contributed by atoms with Crippen LogP contribution in [-0.2, 0) is 4.79 Å². The van der Waals surface area contributed by atoms with E-state index in [4.69, 9.17) is 5.73 Å². The third-order valence-electron chi connectivity index (χ3n) is 6.64. The van der Waals surface area contributed by atoms with Gasteiger partial charge >= 0.3 is 0 Å². The zero-order valence-electron chi connectivity index (χ0n) is 22.1. The Labute approximate surface area is 249 Å². The molecule has 2 heterocycles. The molecular formula is C28H17N7O8S. The van der Waals surface area contributed by atoms with Gasteiger partial charge in [-0.15, -0.1) is 11.3 Å². The molecule has 0 bridgehead atoms. The number of amides is 1. The van der Waals surface area contributed by atoms with Crippen LogP contribution in [0.3, 0.4) is 0 Å². The van der Waals surface area contributed by atoms with E-state index in [-0.39, 0.29) is 54.5 Å². The molecule has 1 aliphatic heterocycles. The van der Waals surface area contributed by atoms with E-state index in [2.05, 4.69) is 5.32 Å². The van der Waals surface area contributed by atoms with Gasteiger partial charge in [0.05, 0.1) is 42.4 Å². The molecule has 0 aliphatic carbocycles. The molecule has 0 saturated heterocycles. The Hall–Kier alpha value is -6.47. The number of nitrogens with two attached hydrogens (primary N) is 1. The first-order valence-corrected chi connectivity index (χ1v) is 13.2. The molecule has 218 valence electrons. The largest absolute Gasteiger partial charge is 0.384 e. The van der Waals surface area contributed by atoms with E-state index in [1.807, 2.05) is 6.07 Å². The Kier molecular flexibility index (Phi) is 7.54. The van der Waals surface area contributed by atoms with Gasteiger partial charge in [-0.1, -0.05) is 24.3 Å². The lowest BCUT2D eigenvalue weighted by atomic mass is 9.83. The second-order valence-electron chi connectivity index (χ2n) is 9.28. The van der Waals surface area contributed by atoms with Crippen LogP contribution in [0.15, 0.2) is 83.2 Å². The molecular weight excluding hydrogens is 594 g/mol. The monoisotopic (exact) mass is 611 g/mol. The van der Waals surface area contributed by atoms with Crippen LogP contribution in [0.5, 0.6) is 0 Å². The minimum atomic E-state index is -1.25. The Morgan fingerprint density at radius 3 is 2.16 bits per heavy atom. The van der Waals surface area contributed by atoms with Crippen LogP contribution in [0, 0.1) is 41.7 Å². The number of nitrogens with one attached hydrogen (secondary N) is 1. The van der Waals surface area contributed by atoms with Crippen LogP contribution in [-0.4, -0.2) is 25.2 Å². The molecule has 1 amide bonds. The number of carbonyl (C=O) groups is 1. The van der Waals surface area contributed by atoms with Crippen molar-refractivity contribution in [2.75, 3.05) is 5.32 Å². The third kappa shape index (κ3) is 5.29. The van der Waals surface area contributed by atoms with Crippen molar-refractivity contribution >= 4 is 57.5 Å². The Bertz CT molecular complexity index is 2160. The summed E-state index contributed by atoms with van der Waals surface area (Å²) in [5.74, 6) is -2.36. The Morgan fingerprint density at radius 1 is 0.932 bits per heavy atom. The average molecular weight is 612 g/mol. The fraction of sp³-hybridized carbons (Fsp3) is 0.0357. The van der Waals surface area contributed by atoms with Crippen molar-refractivity contribution in [3.8, 4) is 6.07 Å². The summed E-state index contributed by atoms with van der Waals surface area (Å²) in [4.78, 5) is 59.6. The Morgan fingerprint density at radius 2 is 1.55 bits per heavy atom. The van der Waals surface area contributed by atoms with Gasteiger partial charge in [0.2, 0.25) is 0 Å². The Balaban J connectivity index is 1.79. The fourth-order valence-corrected chi connectivity index (χ4v) is 5.84. The number of non-ortho nitro benzene ring substituents is 3. The molecule has 0 spiro atoms. The summed E-state index contributed by atoms with van der Waals surface area (Å²) < 4.78 is 1.02. The number of hydrogen-bond acceptors (Lipinski definition) is 11. The van der Waals surface area contributed by atoms with E-state index >= 15 is 0 Å². The summed E-state index contributed by atoms with van der Waals surface area (Å²) in [6.07, 6.45) is 1.37. The zero-order chi connectivity index (χ0) is 31.7. The van der Waals surface area contributed by atoms with E-state index in [1.165, 1.54) is 78.9 Å². The highest BCUT2D eigenvalue weighted by Crippen LogP contribution is 2.37. The molecule has 3 aromatic carbocycles. The topological polar surface area (TPSA) is 230 Å². The van der Waals surface area contributed by atoms with Gasteiger partial charge < -0.3 is 11.1 Å². The number of nitriles is 1. The van der Waals surface area contributed by atoms with Gasteiger partial charge in [-0.3, -0.25) is 44.5 Å². The number of carbonyl (C=O) groups excluding carboxylic acids is 1. The molecule has 1 aliphatic rings. The normalized spacial score (nSPS) is 14.5. The highest BCUT2D eigenvalue weighted by Gasteiger charge is 2.36. The number of hydrogen-bond donors (Lipinski definition) is 2. The molecule has 1 aromatic heterocycles. The lowest BCUT2D eigenvalue weighted by Crippen LogP contribution is -2.40. The number of nitrogens with zero attached hydrogens (tertiary/aromatic N) is 5. The lowest BCUT2D eigenvalue weighted by molar-refractivity contribution is -0.385. The van der Waals surface area contributed by atoms with Crippen LogP contribution in [0.1, 0.15) is 17.0 Å². The highest BCUT2D eigenvalue weighted by molar-refractivity contribution is 7.07. The van der Waals surface area contributed by atoms with E-state index < -0.39 is 32.2 Å². The molecule has 15 nitrogen and oxygen atoms in total. The number of thiazole rings is 1. The number of anilines is 1. The second kappa shape index (κ2) is 11.4. The number of aromatic nitrogens is 1. The maximum absolute atomic E-state index is 13.9. The van der Waals surface area contributed by atoms with Gasteiger partial charge in [-0.05, 0) is 29.3 Å². The molecule has 0 fully saturated rings. The molecule has 1 unspecified atom stereocenters. The van der Waals surface area contributed by atoms with E-state index in [0.29, 0.717) is 5.56 Å². The molecule has 4 aromatic rings. The molecule has 3 N–H and O–H groups in total. The minimum Gasteiger partial charge on any atom is -0.384 e.